The Balaban J connectivity index is 1.69. The van der Waals surface area contributed by atoms with Crippen LogP contribution in [-0.2, 0) is 4.74 Å². The van der Waals surface area contributed by atoms with E-state index in [9.17, 15) is 9.18 Å². The van der Waals surface area contributed by atoms with Crippen LogP contribution in [0.15, 0.2) is 67.0 Å². The number of methoxy groups -OCH3 is 1. The van der Waals surface area contributed by atoms with E-state index in [0.717, 1.165) is 16.5 Å². The Hall–Kier alpha value is -4.00. The Morgan fingerprint density at radius 1 is 1.09 bits per heavy atom. The minimum Gasteiger partial charge on any atom is -0.465 e. The van der Waals surface area contributed by atoms with E-state index in [0.29, 0.717) is 28.4 Å². The molecule has 2 heterocycles. The van der Waals surface area contributed by atoms with Crippen LogP contribution in [0.2, 0.25) is 0 Å². The lowest BCUT2D eigenvalue weighted by molar-refractivity contribution is 0.0600. The van der Waals surface area contributed by atoms with E-state index in [-0.39, 0.29) is 17.8 Å². The molecule has 4 rings (SSSR count). The highest BCUT2D eigenvalue weighted by Gasteiger charge is 2.16. The van der Waals surface area contributed by atoms with Gasteiger partial charge in [-0.05, 0) is 60.7 Å². The molecule has 2 aromatic carbocycles. The molecule has 2 aromatic heterocycles. The second kappa shape index (κ2) is 9.01. The zero-order valence-corrected chi connectivity index (χ0v) is 17.9. The summed E-state index contributed by atoms with van der Waals surface area (Å²) in [6, 6.07) is 14.9. The van der Waals surface area contributed by atoms with Crippen LogP contribution in [0.5, 0.6) is 11.6 Å². The standard InChI is InChI=1S/C25H22FN3O3/c1-15-14-28-23(29-16(2)17-7-9-18(10-8-17)25(30)31-3)22-21(15)11-12-27-24(22)32-20-6-4-5-19(26)13-20/h4-14,16H,1-3H3,(H,28,29)/t16-/m0/s1. The van der Waals surface area contributed by atoms with Gasteiger partial charge in [0.2, 0.25) is 5.88 Å². The van der Waals surface area contributed by atoms with Crippen molar-refractivity contribution in [2.24, 2.45) is 0 Å². The quantitative estimate of drug-likeness (QED) is 0.387. The first-order chi connectivity index (χ1) is 15.5. The lowest BCUT2D eigenvalue weighted by Crippen LogP contribution is -2.10. The van der Waals surface area contributed by atoms with Gasteiger partial charge in [-0.1, -0.05) is 18.2 Å². The summed E-state index contributed by atoms with van der Waals surface area (Å²) in [7, 11) is 1.35. The maximum absolute atomic E-state index is 13.6. The van der Waals surface area contributed by atoms with Gasteiger partial charge in [-0.3, -0.25) is 0 Å². The van der Waals surface area contributed by atoms with Gasteiger partial charge in [0.25, 0.3) is 0 Å². The second-order valence-corrected chi connectivity index (χ2v) is 7.37. The number of anilines is 1. The number of carbonyl (C=O) groups excluding carboxylic acids is 1. The van der Waals surface area contributed by atoms with Crippen molar-refractivity contribution in [2.75, 3.05) is 12.4 Å². The fraction of sp³-hybridized carbons (Fsp3) is 0.160. The Morgan fingerprint density at radius 3 is 2.59 bits per heavy atom. The van der Waals surface area contributed by atoms with Gasteiger partial charge in [-0.15, -0.1) is 0 Å². The van der Waals surface area contributed by atoms with Crippen LogP contribution in [-0.4, -0.2) is 23.0 Å². The number of fused-ring (bicyclic) bond motifs is 1. The summed E-state index contributed by atoms with van der Waals surface area (Å²) in [5, 5.41) is 5.04. The first kappa shape index (κ1) is 21.2. The monoisotopic (exact) mass is 431 g/mol. The van der Waals surface area contributed by atoms with Crippen LogP contribution < -0.4 is 10.1 Å². The number of nitrogens with one attached hydrogen (secondary N) is 1. The molecule has 32 heavy (non-hydrogen) atoms. The van der Waals surface area contributed by atoms with Crippen molar-refractivity contribution in [3.63, 3.8) is 0 Å². The number of nitrogens with zero attached hydrogens (tertiary/aromatic N) is 2. The molecule has 1 atom stereocenters. The van der Waals surface area contributed by atoms with Crippen LogP contribution >= 0.6 is 0 Å². The summed E-state index contributed by atoms with van der Waals surface area (Å²) >= 11 is 0. The molecule has 0 radical (unpaired) electrons. The molecule has 6 nitrogen and oxygen atoms in total. The highest BCUT2D eigenvalue weighted by atomic mass is 19.1. The maximum atomic E-state index is 13.6. The number of rotatable bonds is 6. The number of aromatic nitrogens is 2. The van der Waals surface area contributed by atoms with Gasteiger partial charge >= 0.3 is 5.97 Å². The molecule has 162 valence electrons. The molecule has 0 aliphatic heterocycles. The molecule has 0 saturated carbocycles. The lowest BCUT2D eigenvalue weighted by atomic mass is 10.1. The fourth-order valence-electron chi connectivity index (χ4n) is 3.44. The average molecular weight is 431 g/mol. The molecule has 0 aliphatic rings. The Morgan fingerprint density at radius 2 is 1.88 bits per heavy atom. The van der Waals surface area contributed by atoms with Crippen molar-refractivity contribution in [1.82, 2.24) is 9.97 Å². The first-order valence-electron chi connectivity index (χ1n) is 10.1. The van der Waals surface area contributed by atoms with E-state index in [2.05, 4.69) is 15.3 Å². The van der Waals surface area contributed by atoms with Gasteiger partial charge in [0.05, 0.1) is 18.1 Å². The van der Waals surface area contributed by atoms with Crippen LogP contribution in [0.4, 0.5) is 10.2 Å². The predicted octanol–water partition coefficient (Wildman–Crippen LogP) is 5.83. The molecular weight excluding hydrogens is 409 g/mol. The van der Waals surface area contributed by atoms with Gasteiger partial charge < -0.3 is 14.8 Å². The van der Waals surface area contributed by atoms with Crippen molar-refractivity contribution in [1.29, 1.82) is 0 Å². The third-order valence-electron chi connectivity index (χ3n) is 5.16. The third-order valence-corrected chi connectivity index (χ3v) is 5.16. The first-order valence-corrected chi connectivity index (χ1v) is 10.1. The van der Waals surface area contributed by atoms with E-state index in [1.165, 1.54) is 19.2 Å². The summed E-state index contributed by atoms with van der Waals surface area (Å²) in [4.78, 5) is 20.6. The Kier molecular flexibility index (Phi) is 5.98. The van der Waals surface area contributed by atoms with Crippen molar-refractivity contribution in [3.05, 3.63) is 89.5 Å². The third kappa shape index (κ3) is 4.37. The molecule has 0 aliphatic carbocycles. The SMILES string of the molecule is COC(=O)c1ccc([C@H](C)Nc2ncc(C)c3ccnc(Oc4cccc(F)c4)c23)cc1. The summed E-state index contributed by atoms with van der Waals surface area (Å²) < 4.78 is 24.3. The van der Waals surface area contributed by atoms with Crippen molar-refractivity contribution in [2.45, 2.75) is 19.9 Å². The minimum atomic E-state index is -0.389. The van der Waals surface area contributed by atoms with E-state index < -0.39 is 0 Å². The smallest absolute Gasteiger partial charge is 0.337 e. The van der Waals surface area contributed by atoms with Gasteiger partial charge in [0, 0.05) is 24.5 Å². The zero-order chi connectivity index (χ0) is 22.7. The molecule has 0 bridgehead atoms. The Labute approximate surface area is 185 Å². The zero-order valence-electron chi connectivity index (χ0n) is 17.9. The number of hydrogen-bond donors (Lipinski definition) is 1. The van der Waals surface area contributed by atoms with Crippen LogP contribution in [0.25, 0.3) is 10.8 Å². The van der Waals surface area contributed by atoms with E-state index in [1.807, 2.05) is 32.0 Å². The van der Waals surface area contributed by atoms with E-state index >= 15 is 0 Å². The largest absolute Gasteiger partial charge is 0.465 e. The number of ether oxygens (including phenoxy) is 2. The minimum absolute atomic E-state index is 0.123. The molecule has 4 aromatic rings. The number of carbonyl (C=O) groups is 1. The number of esters is 1. The normalized spacial score (nSPS) is 11.8. The molecule has 0 spiro atoms. The summed E-state index contributed by atoms with van der Waals surface area (Å²) in [6.07, 6.45) is 3.44. The lowest BCUT2D eigenvalue weighted by Gasteiger charge is -2.18. The number of pyridine rings is 2. The highest BCUT2D eigenvalue weighted by molar-refractivity contribution is 5.97. The van der Waals surface area contributed by atoms with Gasteiger partial charge in [0.15, 0.2) is 0 Å². The van der Waals surface area contributed by atoms with Crippen LogP contribution in [0, 0.1) is 12.7 Å². The Bertz CT molecular complexity index is 1280. The van der Waals surface area contributed by atoms with Crippen molar-refractivity contribution in [3.8, 4) is 11.6 Å². The number of halogens is 1. The van der Waals surface area contributed by atoms with Crippen LogP contribution in [0.3, 0.4) is 0 Å². The molecule has 1 N–H and O–H groups in total. The van der Waals surface area contributed by atoms with Gasteiger partial charge in [-0.25, -0.2) is 19.2 Å². The number of aryl methyl sites for hydroxylation is 1. The maximum Gasteiger partial charge on any atom is 0.337 e. The van der Waals surface area contributed by atoms with Gasteiger partial charge in [0.1, 0.15) is 17.4 Å². The molecule has 0 fully saturated rings. The van der Waals surface area contributed by atoms with Crippen molar-refractivity contribution >= 4 is 22.6 Å². The van der Waals surface area contributed by atoms with Crippen molar-refractivity contribution < 1.29 is 18.7 Å². The number of hydrogen-bond acceptors (Lipinski definition) is 6. The molecule has 7 heteroatoms. The predicted molar refractivity (Wildman–Crippen MR) is 121 cm³/mol. The summed E-state index contributed by atoms with van der Waals surface area (Å²) in [5.41, 5.74) is 2.41. The molecule has 0 amide bonds. The van der Waals surface area contributed by atoms with Gasteiger partial charge in [-0.2, -0.15) is 0 Å². The second-order valence-electron chi connectivity index (χ2n) is 7.37. The molecule has 0 unspecified atom stereocenters. The molecule has 0 saturated heterocycles. The van der Waals surface area contributed by atoms with E-state index in [4.69, 9.17) is 9.47 Å². The average Bonchev–Trinajstić information content (AvgIpc) is 2.80. The number of benzene rings is 2. The highest BCUT2D eigenvalue weighted by Crippen LogP contribution is 2.35. The van der Waals surface area contributed by atoms with E-state index in [1.54, 1.807) is 36.7 Å². The molecular formula is C25H22FN3O3. The fourth-order valence-corrected chi connectivity index (χ4v) is 3.44. The van der Waals surface area contributed by atoms with Crippen LogP contribution in [0.1, 0.15) is 34.5 Å². The summed E-state index contributed by atoms with van der Waals surface area (Å²) in [6.45, 7) is 3.95. The topological polar surface area (TPSA) is 73.3 Å². The summed E-state index contributed by atoms with van der Waals surface area (Å²) in [5.74, 6) is 0.506.